The molecule has 2 amide bonds. The van der Waals surface area contributed by atoms with E-state index in [1.807, 2.05) is 19.1 Å². The number of carbonyl (C=O) groups is 2. The fourth-order valence-corrected chi connectivity index (χ4v) is 3.92. The smallest absolute Gasteiger partial charge is 0.244 e. The topological polar surface area (TPSA) is 63.4 Å². The van der Waals surface area contributed by atoms with E-state index < -0.39 is 11.9 Å². The molecule has 1 aromatic carbocycles. The Morgan fingerprint density at radius 2 is 2.05 bits per heavy atom. The van der Waals surface area contributed by atoms with Gasteiger partial charge < -0.3 is 10.6 Å². The van der Waals surface area contributed by atoms with Gasteiger partial charge in [-0.1, -0.05) is 44.4 Å². The van der Waals surface area contributed by atoms with E-state index in [0.717, 1.165) is 43.2 Å². The number of primary amides is 1. The van der Waals surface area contributed by atoms with Crippen LogP contribution in [0, 0.1) is 11.5 Å². The van der Waals surface area contributed by atoms with Gasteiger partial charge in [0.15, 0.2) is 0 Å². The van der Waals surface area contributed by atoms with Crippen LogP contribution in [0.2, 0.25) is 0 Å². The lowest BCUT2D eigenvalue weighted by Crippen LogP contribution is -2.51. The molecule has 4 heteroatoms. The molecule has 0 aromatic heterocycles. The predicted molar refractivity (Wildman–Crippen MR) is 83.8 cm³/mol. The van der Waals surface area contributed by atoms with Crippen LogP contribution in [0.25, 0.3) is 0 Å². The van der Waals surface area contributed by atoms with E-state index >= 15 is 0 Å². The third-order valence-corrected chi connectivity index (χ3v) is 5.22. The molecule has 22 heavy (non-hydrogen) atoms. The Hall–Kier alpha value is -1.84. The average Bonchev–Trinajstić information content (AvgIpc) is 2.53. The fraction of sp³-hybridized carbons (Fsp3) is 0.556. The molecule has 1 atom stereocenters. The normalized spacial score (nSPS) is 23.7. The molecular weight excluding hydrogens is 276 g/mol. The van der Waals surface area contributed by atoms with E-state index in [1.54, 1.807) is 11.0 Å². The summed E-state index contributed by atoms with van der Waals surface area (Å²) in [5.41, 5.74) is 7.24. The van der Waals surface area contributed by atoms with Crippen LogP contribution in [0.1, 0.15) is 56.2 Å². The maximum Gasteiger partial charge on any atom is 0.244 e. The molecule has 1 saturated carbocycles. The Balaban J connectivity index is 1.93. The second-order valence-corrected chi connectivity index (χ2v) is 6.80. The lowest BCUT2D eigenvalue weighted by molar-refractivity contribution is -0.150. The molecule has 1 unspecified atom stereocenters. The minimum absolute atomic E-state index is 0.0921. The number of fused-ring (bicyclic) bond motifs is 1. The summed E-state index contributed by atoms with van der Waals surface area (Å²) < 4.78 is 0. The van der Waals surface area contributed by atoms with Crippen molar-refractivity contribution in [3.05, 3.63) is 35.4 Å². The van der Waals surface area contributed by atoms with Gasteiger partial charge in [-0.15, -0.1) is 0 Å². The van der Waals surface area contributed by atoms with Crippen molar-refractivity contribution >= 4 is 11.8 Å². The summed E-state index contributed by atoms with van der Waals surface area (Å²) in [4.78, 5) is 26.9. The van der Waals surface area contributed by atoms with Crippen LogP contribution in [-0.2, 0) is 16.0 Å². The molecule has 4 nitrogen and oxygen atoms in total. The molecule has 0 spiro atoms. The largest absolute Gasteiger partial charge is 0.368 e. The first kappa shape index (κ1) is 15.1. The molecule has 1 aliphatic heterocycles. The Morgan fingerprint density at radius 1 is 1.32 bits per heavy atom. The monoisotopic (exact) mass is 299 g/mol. The first-order valence-corrected chi connectivity index (χ1v) is 8.12. The van der Waals surface area contributed by atoms with E-state index in [2.05, 4.69) is 6.07 Å². The van der Waals surface area contributed by atoms with Gasteiger partial charge in [-0.2, -0.15) is 0 Å². The van der Waals surface area contributed by atoms with E-state index in [1.165, 1.54) is 6.42 Å². The predicted octanol–water partition coefficient (Wildman–Crippen LogP) is 2.37. The van der Waals surface area contributed by atoms with Crippen molar-refractivity contribution in [3.63, 3.8) is 0 Å². The highest BCUT2D eigenvalue weighted by molar-refractivity contribution is 5.90. The SMILES string of the molecule is CC1(C(=O)N2CCc3c[c]ccc3C2C(N)=O)CCCCC1. The molecule has 2 N–H and O–H groups in total. The van der Waals surface area contributed by atoms with E-state index in [4.69, 9.17) is 5.73 Å². The molecule has 1 aliphatic carbocycles. The maximum atomic E-state index is 13.1. The number of nitrogens with two attached hydrogens (primary N) is 1. The van der Waals surface area contributed by atoms with Crippen molar-refractivity contribution in [2.45, 2.75) is 51.5 Å². The first-order chi connectivity index (χ1) is 10.5. The van der Waals surface area contributed by atoms with E-state index in [9.17, 15) is 9.59 Å². The molecular formula is C18H23N2O2. The van der Waals surface area contributed by atoms with Crippen LogP contribution in [0.15, 0.2) is 18.2 Å². The summed E-state index contributed by atoms with van der Waals surface area (Å²) in [6.45, 7) is 2.60. The summed E-state index contributed by atoms with van der Waals surface area (Å²) in [5, 5.41) is 0. The van der Waals surface area contributed by atoms with Gasteiger partial charge in [-0.3, -0.25) is 9.59 Å². The number of rotatable bonds is 2. The van der Waals surface area contributed by atoms with E-state index in [-0.39, 0.29) is 11.3 Å². The number of hydrogen-bond acceptors (Lipinski definition) is 2. The highest BCUT2D eigenvalue weighted by Crippen LogP contribution is 2.40. The maximum absolute atomic E-state index is 13.1. The second-order valence-electron chi connectivity index (χ2n) is 6.80. The second kappa shape index (κ2) is 5.75. The number of hydrogen-bond donors (Lipinski definition) is 1. The molecule has 1 fully saturated rings. The molecule has 1 radical (unpaired) electrons. The molecule has 0 saturated heterocycles. The highest BCUT2D eigenvalue weighted by Gasteiger charge is 2.43. The van der Waals surface area contributed by atoms with Crippen LogP contribution in [0.3, 0.4) is 0 Å². The first-order valence-electron chi connectivity index (χ1n) is 8.12. The van der Waals surface area contributed by atoms with Crippen LogP contribution in [-0.4, -0.2) is 23.3 Å². The summed E-state index contributed by atoms with van der Waals surface area (Å²) in [5.74, 6) is -0.352. The van der Waals surface area contributed by atoms with Gasteiger partial charge >= 0.3 is 0 Å². The van der Waals surface area contributed by atoms with Gasteiger partial charge in [0.2, 0.25) is 11.8 Å². The number of amides is 2. The Bertz CT molecular complexity index is 591. The van der Waals surface area contributed by atoms with Gasteiger partial charge in [0, 0.05) is 12.0 Å². The van der Waals surface area contributed by atoms with Crippen molar-refractivity contribution in [1.29, 1.82) is 0 Å². The minimum atomic E-state index is -0.635. The molecule has 1 heterocycles. The molecule has 3 rings (SSSR count). The lowest BCUT2D eigenvalue weighted by Gasteiger charge is -2.42. The lowest BCUT2D eigenvalue weighted by atomic mass is 9.74. The number of benzene rings is 1. The summed E-state index contributed by atoms with van der Waals surface area (Å²) in [6.07, 6.45) is 5.94. The van der Waals surface area contributed by atoms with Crippen LogP contribution in [0.5, 0.6) is 0 Å². The van der Waals surface area contributed by atoms with Crippen molar-refractivity contribution in [3.8, 4) is 0 Å². The Kier molecular flexibility index (Phi) is 3.94. The van der Waals surface area contributed by atoms with Crippen LogP contribution in [0.4, 0.5) is 0 Å². The fourth-order valence-electron chi connectivity index (χ4n) is 3.92. The van der Waals surface area contributed by atoms with Gasteiger partial charge in [0.1, 0.15) is 6.04 Å². The molecule has 0 bridgehead atoms. The molecule has 1 aromatic rings. The van der Waals surface area contributed by atoms with Crippen LogP contribution < -0.4 is 5.73 Å². The highest BCUT2D eigenvalue weighted by atomic mass is 16.2. The average molecular weight is 299 g/mol. The van der Waals surface area contributed by atoms with E-state index in [0.29, 0.717) is 6.54 Å². The van der Waals surface area contributed by atoms with Gasteiger partial charge in [-0.05, 0) is 36.5 Å². The summed E-state index contributed by atoms with van der Waals surface area (Å²) >= 11 is 0. The standard InChI is InChI=1S/C18H23N2O2/c1-18(10-5-2-6-11-18)17(22)20-12-9-13-7-3-4-8-14(13)15(20)16(19)21/h4,7-8,15H,2,5-6,9-12H2,1H3,(H2,19,21). The zero-order valence-electron chi connectivity index (χ0n) is 13.1. The third kappa shape index (κ3) is 2.51. The van der Waals surface area contributed by atoms with Gasteiger partial charge in [-0.25, -0.2) is 0 Å². The third-order valence-electron chi connectivity index (χ3n) is 5.22. The molecule has 117 valence electrons. The zero-order chi connectivity index (χ0) is 15.7. The van der Waals surface area contributed by atoms with Crippen molar-refractivity contribution in [1.82, 2.24) is 4.90 Å². The quantitative estimate of drug-likeness (QED) is 0.911. The van der Waals surface area contributed by atoms with Crippen molar-refractivity contribution in [2.24, 2.45) is 11.1 Å². The summed E-state index contributed by atoms with van der Waals surface area (Å²) in [7, 11) is 0. The number of carbonyl (C=O) groups excluding carboxylic acids is 2. The minimum Gasteiger partial charge on any atom is -0.368 e. The Labute approximate surface area is 131 Å². The van der Waals surface area contributed by atoms with Gasteiger partial charge in [0.05, 0.1) is 0 Å². The number of nitrogens with zero attached hydrogens (tertiary/aromatic N) is 1. The Morgan fingerprint density at radius 3 is 2.73 bits per heavy atom. The van der Waals surface area contributed by atoms with Gasteiger partial charge in [0.25, 0.3) is 0 Å². The van der Waals surface area contributed by atoms with Crippen molar-refractivity contribution < 1.29 is 9.59 Å². The van der Waals surface area contributed by atoms with Crippen molar-refractivity contribution in [2.75, 3.05) is 6.54 Å². The van der Waals surface area contributed by atoms with Crippen LogP contribution >= 0.6 is 0 Å². The molecule has 2 aliphatic rings. The zero-order valence-corrected chi connectivity index (χ0v) is 13.1. The summed E-state index contributed by atoms with van der Waals surface area (Å²) in [6, 6.07) is 7.95.